The largest absolute Gasteiger partial charge is 0.481 e. The standard InChI is InChI=1S/C12H16N2O3S/c1-12(5-2-3-6-12)14-7-4-9(15)13-11(14)18-8-10(16)17/h4,7H,2-3,5-6,8H2,1H3,(H,16,17). The van der Waals surface area contributed by atoms with Crippen LogP contribution in [0.2, 0.25) is 0 Å². The van der Waals surface area contributed by atoms with Gasteiger partial charge in [-0.25, -0.2) is 0 Å². The van der Waals surface area contributed by atoms with Gasteiger partial charge < -0.3 is 9.67 Å². The van der Waals surface area contributed by atoms with Gasteiger partial charge in [0.05, 0.1) is 5.75 Å². The average Bonchev–Trinajstić information content (AvgIpc) is 2.74. The van der Waals surface area contributed by atoms with Crippen LogP contribution < -0.4 is 5.56 Å². The van der Waals surface area contributed by atoms with E-state index in [9.17, 15) is 9.59 Å². The number of aromatic nitrogens is 2. The molecule has 1 saturated carbocycles. The van der Waals surface area contributed by atoms with Crippen molar-refractivity contribution in [3.05, 3.63) is 22.6 Å². The number of aliphatic carboxylic acids is 1. The first kappa shape index (κ1) is 13.1. The molecule has 1 aromatic rings. The van der Waals surface area contributed by atoms with Gasteiger partial charge in [-0.2, -0.15) is 4.98 Å². The van der Waals surface area contributed by atoms with E-state index in [1.54, 1.807) is 6.20 Å². The lowest BCUT2D eigenvalue weighted by Crippen LogP contribution is -2.30. The van der Waals surface area contributed by atoms with Gasteiger partial charge in [0, 0.05) is 17.8 Å². The zero-order valence-electron chi connectivity index (χ0n) is 10.3. The minimum absolute atomic E-state index is 0.0401. The van der Waals surface area contributed by atoms with Crippen molar-refractivity contribution in [2.24, 2.45) is 0 Å². The van der Waals surface area contributed by atoms with E-state index in [4.69, 9.17) is 5.11 Å². The average molecular weight is 268 g/mol. The summed E-state index contributed by atoms with van der Waals surface area (Å²) in [5, 5.41) is 9.24. The summed E-state index contributed by atoms with van der Waals surface area (Å²) in [6.07, 6.45) is 6.14. The van der Waals surface area contributed by atoms with Crippen LogP contribution in [-0.4, -0.2) is 26.4 Å². The number of thioether (sulfide) groups is 1. The maximum atomic E-state index is 11.3. The Morgan fingerprint density at radius 3 is 2.83 bits per heavy atom. The Balaban J connectivity index is 2.33. The SMILES string of the molecule is CC1(n2ccc(=O)nc2SCC(=O)O)CCCC1. The van der Waals surface area contributed by atoms with E-state index in [0.29, 0.717) is 5.16 Å². The molecule has 0 saturated heterocycles. The number of rotatable bonds is 4. The van der Waals surface area contributed by atoms with Crippen LogP contribution in [0.3, 0.4) is 0 Å². The minimum Gasteiger partial charge on any atom is -0.481 e. The molecule has 98 valence electrons. The van der Waals surface area contributed by atoms with Crippen molar-refractivity contribution in [1.82, 2.24) is 9.55 Å². The van der Waals surface area contributed by atoms with Crippen LogP contribution in [0.25, 0.3) is 0 Å². The quantitative estimate of drug-likeness (QED) is 0.665. The van der Waals surface area contributed by atoms with E-state index >= 15 is 0 Å². The second-order valence-corrected chi connectivity index (χ2v) is 5.75. The Bertz CT molecular complexity index is 506. The molecular weight excluding hydrogens is 252 g/mol. The lowest BCUT2D eigenvalue weighted by molar-refractivity contribution is -0.133. The highest BCUT2D eigenvalue weighted by Crippen LogP contribution is 2.37. The molecule has 5 nitrogen and oxygen atoms in total. The molecular formula is C12H16N2O3S. The van der Waals surface area contributed by atoms with E-state index in [2.05, 4.69) is 11.9 Å². The number of carboxylic acids is 1. The Morgan fingerprint density at radius 2 is 2.22 bits per heavy atom. The summed E-state index contributed by atoms with van der Waals surface area (Å²) in [7, 11) is 0. The fraction of sp³-hybridized carbons (Fsp3) is 0.583. The van der Waals surface area contributed by atoms with Crippen LogP contribution in [0.5, 0.6) is 0 Å². The Labute approximate surface area is 109 Å². The highest BCUT2D eigenvalue weighted by atomic mass is 32.2. The fourth-order valence-corrected chi connectivity index (χ4v) is 3.23. The van der Waals surface area contributed by atoms with Crippen LogP contribution in [-0.2, 0) is 10.3 Å². The topological polar surface area (TPSA) is 72.2 Å². The molecule has 0 atom stereocenters. The zero-order chi connectivity index (χ0) is 13.2. The van der Waals surface area contributed by atoms with Crippen molar-refractivity contribution in [1.29, 1.82) is 0 Å². The number of nitrogens with zero attached hydrogens (tertiary/aromatic N) is 2. The van der Waals surface area contributed by atoms with Crippen molar-refractivity contribution in [2.45, 2.75) is 43.3 Å². The highest BCUT2D eigenvalue weighted by molar-refractivity contribution is 7.99. The normalized spacial score (nSPS) is 17.8. The summed E-state index contributed by atoms with van der Waals surface area (Å²) in [6.45, 7) is 2.14. The Morgan fingerprint density at radius 1 is 1.56 bits per heavy atom. The van der Waals surface area contributed by atoms with E-state index in [1.807, 2.05) is 4.57 Å². The third kappa shape index (κ3) is 2.75. The summed E-state index contributed by atoms with van der Waals surface area (Å²) in [6, 6.07) is 1.44. The molecule has 0 aliphatic heterocycles. The number of carbonyl (C=O) groups is 1. The number of carboxylic acid groups (broad SMARTS) is 1. The van der Waals surface area contributed by atoms with Crippen LogP contribution in [0.15, 0.2) is 22.2 Å². The summed E-state index contributed by atoms with van der Waals surface area (Å²) in [4.78, 5) is 25.9. The first-order valence-corrected chi connectivity index (χ1v) is 6.95. The Hall–Kier alpha value is -1.30. The fourth-order valence-electron chi connectivity index (χ4n) is 2.40. The molecule has 1 heterocycles. The van der Waals surface area contributed by atoms with Gasteiger partial charge in [-0.1, -0.05) is 24.6 Å². The molecule has 1 aliphatic rings. The molecule has 0 spiro atoms. The molecule has 0 bridgehead atoms. The lowest BCUT2D eigenvalue weighted by Gasteiger charge is -2.29. The number of hydrogen-bond acceptors (Lipinski definition) is 4. The number of hydrogen-bond donors (Lipinski definition) is 1. The monoisotopic (exact) mass is 268 g/mol. The predicted molar refractivity (Wildman–Crippen MR) is 69.0 cm³/mol. The molecule has 18 heavy (non-hydrogen) atoms. The molecule has 1 N–H and O–H groups in total. The van der Waals surface area contributed by atoms with Crippen LogP contribution >= 0.6 is 11.8 Å². The summed E-state index contributed by atoms with van der Waals surface area (Å²) in [5.41, 5.74) is -0.359. The van der Waals surface area contributed by atoms with Gasteiger partial charge in [-0.3, -0.25) is 9.59 Å². The molecule has 1 aromatic heterocycles. The first-order chi connectivity index (χ1) is 8.51. The van der Waals surface area contributed by atoms with Gasteiger partial charge in [0.2, 0.25) is 0 Å². The molecule has 0 aromatic carbocycles. The molecule has 0 amide bonds. The highest BCUT2D eigenvalue weighted by Gasteiger charge is 2.31. The van der Waals surface area contributed by atoms with Crippen molar-refractivity contribution in [3.8, 4) is 0 Å². The molecule has 1 fully saturated rings. The van der Waals surface area contributed by atoms with Crippen LogP contribution in [0.4, 0.5) is 0 Å². The second kappa shape index (κ2) is 5.14. The Kier molecular flexibility index (Phi) is 3.75. The third-order valence-corrected chi connectivity index (χ3v) is 4.30. The molecule has 0 radical (unpaired) electrons. The van der Waals surface area contributed by atoms with Crippen molar-refractivity contribution in [2.75, 3.05) is 5.75 Å². The maximum Gasteiger partial charge on any atom is 0.313 e. The zero-order valence-corrected chi connectivity index (χ0v) is 11.1. The smallest absolute Gasteiger partial charge is 0.313 e. The summed E-state index contributed by atoms with van der Waals surface area (Å²) >= 11 is 1.11. The summed E-state index contributed by atoms with van der Waals surface area (Å²) in [5.74, 6) is -0.978. The van der Waals surface area contributed by atoms with Gasteiger partial charge >= 0.3 is 5.97 Å². The maximum absolute atomic E-state index is 11.3. The van der Waals surface area contributed by atoms with Crippen molar-refractivity contribution >= 4 is 17.7 Å². The van der Waals surface area contributed by atoms with Crippen LogP contribution in [0.1, 0.15) is 32.6 Å². The third-order valence-electron chi connectivity index (χ3n) is 3.37. The van der Waals surface area contributed by atoms with Gasteiger partial charge in [0.15, 0.2) is 5.16 Å². The van der Waals surface area contributed by atoms with Gasteiger partial charge in [-0.05, 0) is 19.8 Å². The first-order valence-electron chi connectivity index (χ1n) is 5.96. The van der Waals surface area contributed by atoms with Gasteiger partial charge in [0.25, 0.3) is 5.56 Å². The molecule has 1 aliphatic carbocycles. The van der Waals surface area contributed by atoms with Crippen LogP contribution in [0, 0.1) is 0 Å². The second-order valence-electron chi connectivity index (χ2n) is 4.80. The predicted octanol–water partition coefficient (Wildman–Crippen LogP) is 1.71. The van der Waals surface area contributed by atoms with E-state index in [-0.39, 0.29) is 16.9 Å². The molecule has 0 unspecified atom stereocenters. The van der Waals surface area contributed by atoms with E-state index in [0.717, 1.165) is 37.4 Å². The van der Waals surface area contributed by atoms with Gasteiger partial charge in [0.1, 0.15) is 0 Å². The minimum atomic E-state index is -0.902. The van der Waals surface area contributed by atoms with E-state index in [1.165, 1.54) is 6.07 Å². The lowest BCUT2D eigenvalue weighted by atomic mass is 10.0. The van der Waals surface area contributed by atoms with E-state index < -0.39 is 5.97 Å². The summed E-state index contributed by atoms with van der Waals surface area (Å²) < 4.78 is 1.97. The molecule has 2 rings (SSSR count). The molecule has 6 heteroatoms. The van der Waals surface area contributed by atoms with Gasteiger partial charge in [-0.15, -0.1) is 0 Å². The van der Waals surface area contributed by atoms with Crippen molar-refractivity contribution in [3.63, 3.8) is 0 Å². The van der Waals surface area contributed by atoms with Crippen molar-refractivity contribution < 1.29 is 9.90 Å².